The molecular formula is C27H36N4O3. The highest BCUT2D eigenvalue weighted by atomic mass is 16.3. The summed E-state index contributed by atoms with van der Waals surface area (Å²) in [5.74, 6) is -0.518. The topological polar surface area (TPSA) is 104 Å². The van der Waals surface area contributed by atoms with Gasteiger partial charge in [-0.15, -0.1) is 0 Å². The average Bonchev–Trinajstić information content (AvgIpc) is 2.85. The van der Waals surface area contributed by atoms with Crippen molar-refractivity contribution < 1.29 is 14.7 Å². The van der Waals surface area contributed by atoms with Crippen molar-refractivity contribution in [2.75, 3.05) is 0 Å². The molecule has 3 N–H and O–H groups in total. The summed E-state index contributed by atoms with van der Waals surface area (Å²) in [5, 5.41) is 17.7. The van der Waals surface area contributed by atoms with Crippen LogP contribution in [-0.4, -0.2) is 39.0 Å². The number of nitrogens with one attached hydrogen (secondary N) is 2. The lowest BCUT2D eigenvalue weighted by Gasteiger charge is -2.56. The Hall–Kier alpha value is -2.80. The molecule has 7 nitrogen and oxygen atoms in total. The van der Waals surface area contributed by atoms with E-state index < -0.39 is 6.10 Å². The highest BCUT2D eigenvalue weighted by molar-refractivity contribution is 5.92. The van der Waals surface area contributed by atoms with Gasteiger partial charge in [0.2, 0.25) is 5.91 Å². The number of carbonyl (C=O) groups excluding carboxylic acids is 2. The van der Waals surface area contributed by atoms with E-state index in [1.807, 2.05) is 19.1 Å². The Morgan fingerprint density at radius 2 is 1.97 bits per heavy atom. The fraction of sp³-hybridized carbons (Fsp3) is 0.556. The van der Waals surface area contributed by atoms with Crippen LogP contribution in [0.25, 0.3) is 0 Å². The molecule has 0 saturated heterocycles. The summed E-state index contributed by atoms with van der Waals surface area (Å²) in [6, 6.07) is 9.06. The minimum atomic E-state index is -0.595. The zero-order valence-electron chi connectivity index (χ0n) is 20.3. The summed E-state index contributed by atoms with van der Waals surface area (Å²) in [6.07, 6.45) is 8.11. The lowest BCUT2D eigenvalue weighted by atomic mass is 9.51. The normalized spacial score (nSPS) is 31.7. The molecule has 2 saturated carbocycles. The zero-order valence-corrected chi connectivity index (χ0v) is 20.3. The van der Waals surface area contributed by atoms with Crippen LogP contribution in [0.5, 0.6) is 0 Å². The van der Waals surface area contributed by atoms with Gasteiger partial charge in [-0.25, -0.2) is 0 Å². The molecule has 7 heteroatoms. The number of amides is 2. The number of fused-ring (bicyclic) bond motifs is 1. The first-order valence-electron chi connectivity index (χ1n) is 12.4. The Labute approximate surface area is 201 Å². The second-order valence-electron chi connectivity index (χ2n) is 10.4. The monoisotopic (exact) mass is 464 g/mol. The van der Waals surface area contributed by atoms with Crippen LogP contribution in [0.1, 0.15) is 62.5 Å². The number of aromatic nitrogens is 2. The van der Waals surface area contributed by atoms with E-state index in [2.05, 4.69) is 34.4 Å². The second-order valence-corrected chi connectivity index (χ2v) is 10.4. The van der Waals surface area contributed by atoms with E-state index in [-0.39, 0.29) is 46.9 Å². The van der Waals surface area contributed by atoms with Crippen molar-refractivity contribution in [2.24, 2.45) is 29.1 Å². The standard InChI is InChI=1S/C27H36N4O3/c1-17(25(33)30-16-19-7-6-13-28-15-19)20-9-11-27(3)12-10-21(18(2)23(27)24(20)32)31-26(34)22-8-4-5-14-29-22/h4-8,13-15,17-18,20-21,23-24,32H,9-12,16H2,1-3H3,(H,30,33)(H,31,34)/t17-,18-,20-,21-,23+,24-,27+/m0/s1. The second kappa shape index (κ2) is 10.2. The molecule has 182 valence electrons. The van der Waals surface area contributed by atoms with Gasteiger partial charge < -0.3 is 15.7 Å². The SMILES string of the molecule is C[C@@H]1[C@@H]2[C@@H](O)[C@H]([C@H](C)C(=O)NCc3cccnc3)CC[C@]2(C)CC[C@@H]1NC(=O)c1ccccn1. The van der Waals surface area contributed by atoms with E-state index in [1.54, 1.807) is 36.8 Å². The van der Waals surface area contributed by atoms with Gasteiger partial charge in [0.25, 0.3) is 5.91 Å². The lowest BCUT2D eigenvalue weighted by molar-refractivity contribution is -0.142. The van der Waals surface area contributed by atoms with Gasteiger partial charge in [0.1, 0.15) is 5.69 Å². The van der Waals surface area contributed by atoms with Crippen LogP contribution in [0.3, 0.4) is 0 Å². The first-order chi connectivity index (χ1) is 16.3. The number of aliphatic hydroxyl groups is 1. The van der Waals surface area contributed by atoms with Crippen molar-refractivity contribution in [1.82, 2.24) is 20.6 Å². The highest BCUT2D eigenvalue weighted by Gasteiger charge is 2.53. The van der Waals surface area contributed by atoms with Crippen molar-refractivity contribution in [2.45, 2.75) is 65.1 Å². The molecule has 7 atom stereocenters. The fourth-order valence-electron chi connectivity index (χ4n) is 6.28. The van der Waals surface area contributed by atoms with E-state index in [9.17, 15) is 14.7 Å². The smallest absolute Gasteiger partial charge is 0.270 e. The van der Waals surface area contributed by atoms with Gasteiger partial charge in [0.15, 0.2) is 0 Å². The maximum absolute atomic E-state index is 12.9. The number of hydrogen-bond acceptors (Lipinski definition) is 5. The molecule has 2 aromatic rings. The molecule has 0 aliphatic heterocycles. The van der Waals surface area contributed by atoms with Crippen molar-refractivity contribution in [3.8, 4) is 0 Å². The average molecular weight is 465 g/mol. The van der Waals surface area contributed by atoms with Crippen molar-refractivity contribution in [3.05, 3.63) is 60.2 Å². The van der Waals surface area contributed by atoms with E-state index in [4.69, 9.17) is 0 Å². The molecule has 2 fully saturated rings. The number of hydrogen-bond donors (Lipinski definition) is 3. The van der Waals surface area contributed by atoms with Crippen molar-refractivity contribution in [3.63, 3.8) is 0 Å². The maximum Gasteiger partial charge on any atom is 0.270 e. The zero-order chi connectivity index (χ0) is 24.3. The molecular weight excluding hydrogens is 428 g/mol. The van der Waals surface area contributed by atoms with Crippen LogP contribution in [0, 0.1) is 29.1 Å². The molecule has 34 heavy (non-hydrogen) atoms. The predicted octanol–water partition coefficient (Wildman–Crippen LogP) is 3.35. The number of carbonyl (C=O) groups is 2. The Kier molecular flexibility index (Phi) is 7.31. The summed E-state index contributed by atoms with van der Waals surface area (Å²) in [5.41, 5.74) is 1.37. The van der Waals surface area contributed by atoms with Crippen LogP contribution >= 0.6 is 0 Å². The molecule has 0 spiro atoms. The van der Waals surface area contributed by atoms with Gasteiger partial charge in [-0.2, -0.15) is 0 Å². The number of rotatable bonds is 6. The van der Waals surface area contributed by atoms with Gasteiger partial charge in [0.05, 0.1) is 6.10 Å². The van der Waals surface area contributed by atoms with Gasteiger partial charge in [-0.05, 0) is 72.6 Å². The third kappa shape index (κ3) is 4.99. The fourth-order valence-corrected chi connectivity index (χ4v) is 6.28. The Balaban J connectivity index is 1.42. The van der Waals surface area contributed by atoms with Gasteiger partial charge in [-0.3, -0.25) is 19.6 Å². The summed E-state index contributed by atoms with van der Waals surface area (Å²) in [7, 11) is 0. The van der Waals surface area contributed by atoms with Crippen LogP contribution in [0.15, 0.2) is 48.9 Å². The van der Waals surface area contributed by atoms with E-state index >= 15 is 0 Å². The van der Waals surface area contributed by atoms with Gasteiger partial charge in [0, 0.05) is 37.1 Å². The van der Waals surface area contributed by atoms with Crippen LogP contribution in [0.2, 0.25) is 0 Å². The Bertz CT molecular complexity index is 986. The molecule has 2 aliphatic carbocycles. The van der Waals surface area contributed by atoms with E-state index in [0.717, 1.165) is 31.2 Å². The molecule has 0 unspecified atom stereocenters. The van der Waals surface area contributed by atoms with Crippen molar-refractivity contribution in [1.29, 1.82) is 0 Å². The number of aliphatic hydroxyl groups excluding tert-OH is 1. The Morgan fingerprint density at radius 3 is 2.68 bits per heavy atom. The van der Waals surface area contributed by atoms with Crippen molar-refractivity contribution >= 4 is 11.8 Å². The molecule has 2 aromatic heterocycles. The number of pyridine rings is 2. The molecule has 0 aromatic carbocycles. The van der Waals surface area contributed by atoms with E-state index in [1.165, 1.54) is 0 Å². The predicted molar refractivity (Wildman–Crippen MR) is 129 cm³/mol. The summed E-state index contributed by atoms with van der Waals surface area (Å²) >= 11 is 0. The minimum absolute atomic E-state index is 0.00740. The van der Waals surface area contributed by atoms with Crippen LogP contribution in [-0.2, 0) is 11.3 Å². The third-order valence-electron chi connectivity index (χ3n) is 8.35. The molecule has 2 amide bonds. The Morgan fingerprint density at radius 1 is 1.18 bits per heavy atom. The highest BCUT2D eigenvalue weighted by Crippen LogP contribution is 2.55. The maximum atomic E-state index is 12.9. The van der Waals surface area contributed by atoms with E-state index in [0.29, 0.717) is 12.2 Å². The first kappa shape index (κ1) is 24.3. The summed E-state index contributed by atoms with van der Waals surface area (Å²) in [4.78, 5) is 33.9. The summed E-state index contributed by atoms with van der Waals surface area (Å²) in [6.45, 7) is 6.74. The molecule has 0 bridgehead atoms. The quantitative estimate of drug-likeness (QED) is 0.608. The minimum Gasteiger partial charge on any atom is -0.392 e. The number of nitrogens with zero attached hydrogens (tertiary/aromatic N) is 2. The molecule has 4 rings (SSSR count). The summed E-state index contributed by atoms with van der Waals surface area (Å²) < 4.78 is 0. The molecule has 0 radical (unpaired) electrons. The molecule has 2 aliphatic rings. The van der Waals surface area contributed by atoms with Crippen LogP contribution in [0.4, 0.5) is 0 Å². The molecule has 2 heterocycles. The third-order valence-corrected chi connectivity index (χ3v) is 8.35. The lowest BCUT2D eigenvalue weighted by Crippen LogP contribution is -2.58. The van der Waals surface area contributed by atoms with Gasteiger partial charge in [-0.1, -0.05) is 32.9 Å². The largest absolute Gasteiger partial charge is 0.392 e. The first-order valence-corrected chi connectivity index (χ1v) is 12.4. The van der Waals surface area contributed by atoms with Gasteiger partial charge >= 0.3 is 0 Å². The van der Waals surface area contributed by atoms with Crippen LogP contribution < -0.4 is 10.6 Å².